The van der Waals surface area contributed by atoms with E-state index >= 15 is 0 Å². The van der Waals surface area contributed by atoms with E-state index in [2.05, 4.69) is 10.7 Å². The fourth-order valence-electron chi connectivity index (χ4n) is 1.43. The van der Waals surface area contributed by atoms with E-state index in [0.29, 0.717) is 13.2 Å². The Morgan fingerprint density at radius 2 is 1.95 bits per heavy atom. The average Bonchev–Trinajstić information content (AvgIpc) is 2.37. The average molecular weight is 265 g/mol. The van der Waals surface area contributed by atoms with Gasteiger partial charge in [0.05, 0.1) is 6.61 Å². The maximum atomic E-state index is 11.6. The van der Waals surface area contributed by atoms with Crippen molar-refractivity contribution in [3.63, 3.8) is 0 Å². The molecule has 1 aromatic carbocycles. The van der Waals surface area contributed by atoms with Crippen LogP contribution >= 0.6 is 0 Å². The van der Waals surface area contributed by atoms with Gasteiger partial charge < -0.3 is 10.1 Å². The molecule has 0 saturated carbocycles. The molecule has 0 spiro atoms. The second-order valence-corrected chi connectivity index (χ2v) is 3.94. The van der Waals surface area contributed by atoms with Gasteiger partial charge in [0.1, 0.15) is 6.54 Å². The van der Waals surface area contributed by atoms with Crippen LogP contribution in [0.1, 0.15) is 12.5 Å². The Morgan fingerprint density at radius 1 is 1.26 bits per heavy atom. The summed E-state index contributed by atoms with van der Waals surface area (Å²) in [5.41, 5.74) is 3.53. The van der Waals surface area contributed by atoms with E-state index < -0.39 is 0 Å². The van der Waals surface area contributed by atoms with Crippen molar-refractivity contribution in [2.75, 3.05) is 20.2 Å². The van der Waals surface area contributed by atoms with E-state index in [0.717, 1.165) is 5.56 Å². The van der Waals surface area contributed by atoms with E-state index in [9.17, 15) is 9.59 Å². The first kappa shape index (κ1) is 15.0. The van der Waals surface area contributed by atoms with Crippen molar-refractivity contribution in [2.24, 2.45) is 0 Å². The molecule has 0 bridgehead atoms. The molecule has 19 heavy (non-hydrogen) atoms. The van der Waals surface area contributed by atoms with Crippen LogP contribution in [-0.4, -0.2) is 37.2 Å². The predicted octanol–water partition coefficient (Wildman–Crippen LogP) is 0.896. The lowest BCUT2D eigenvalue weighted by Crippen LogP contribution is -2.47. The molecular formula is C13H19N3O3. The Kier molecular flexibility index (Phi) is 6.38. The number of carbonyl (C=O) groups excluding carboxylic acids is 2. The minimum Gasteiger partial charge on any atom is -0.465 e. The van der Waals surface area contributed by atoms with Crippen molar-refractivity contribution < 1.29 is 14.3 Å². The number of likely N-dealkylation sites (N-methyl/N-ethyl adjacent to an activating group) is 1. The lowest BCUT2D eigenvalue weighted by molar-refractivity contribution is -0.144. The van der Waals surface area contributed by atoms with Crippen LogP contribution in [0.4, 0.5) is 4.79 Å². The monoisotopic (exact) mass is 265 g/mol. The fourth-order valence-corrected chi connectivity index (χ4v) is 1.43. The number of esters is 1. The summed E-state index contributed by atoms with van der Waals surface area (Å²) in [5.74, 6) is -0.381. The van der Waals surface area contributed by atoms with Crippen LogP contribution in [0.5, 0.6) is 0 Å². The summed E-state index contributed by atoms with van der Waals surface area (Å²) >= 11 is 0. The van der Waals surface area contributed by atoms with Crippen molar-refractivity contribution in [3.8, 4) is 0 Å². The molecule has 0 radical (unpaired) electrons. The zero-order valence-corrected chi connectivity index (χ0v) is 11.2. The summed E-state index contributed by atoms with van der Waals surface area (Å²) in [4.78, 5) is 22.7. The zero-order chi connectivity index (χ0) is 14.1. The van der Waals surface area contributed by atoms with Crippen LogP contribution < -0.4 is 10.7 Å². The molecule has 2 amide bonds. The predicted molar refractivity (Wildman–Crippen MR) is 71.1 cm³/mol. The maximum absolute atomic E-state index is 11.6. The lowest BCUT2D eigenvalue weighted by Gasteiger charge is -2.17. The van der Waals surface area contributed by atoms with Crippen molar-refractivity contribution in [1.29, 1.82) is 0 Å². The maximum Gasteiger partial charge on any atom is 0.329 e. The van der Waals surface area contributed by atoms with Crippen molar-refractivity contribution >= 4 is 12.0 Å². The summed E-state index contributed by atoms with van der Waals surface area (Å²) in [7, 11) is 1.60. The lowest BCUT2D eigenvalue weighted by atomic mass is 10.2. The minimum absolute atomic E-state index is 0.00654. The van der Waals surface area contributed by atoms with Gasteiger partial charge in [0, 0.05) is 13.6 Å². The number of urea groups is 1. The highest BCUT2D eigenvalue weighted by atomic mass is 16.5. The molecule has 0 aromatic heterocycles. The molecule has 0 atom stereocenters. The number of hydrogen-bond donors (Lipinski definition) is 2. The molecule has 6 nitrogen and oxygen atoms in total. The van der Waals surface area contributed by atoms with Crippen LogP contribution in [0.25, 0.3) is 0 Å². The van der Waals surface area contributed by atoms with Crippen molar-refractivity contribution in [1.82, 2.24) is 15.8 Å². The number of amides is 2. The van der Waals surface area contributed by atoms with Crippen LogP contribution in [-0.2, 0) is 16.1 Å². The van der Waals surface area contributed by atoms with Crippen molar-refractivity contribution in [3.05, 3.63) is 35.9 Å². The number of nitrogens with one attached hydrogen (secondary N) is 2. The molecule has 2 N–H and O–H groups in total. The Bertz CT molecular complexity index is 409. The highest BCUT2D eigenvalue weighted by molar-refractivity contribution is 5.75. The molecule has 0 aliphatic carbocycles. The molecule has 1 rings (SSSR count). The standard InChI is InChI=1S/C13H19N3O3/c1-3-19-12(17)10-16(2)15-13(18)14-9-11-7-5-4-6-8-11/h4-8H,3,9-10H2,1-2H3,(H2,14,15,18). The number of hydrogen-bond acceptors (Lipinski definition) is 4. The molecule has 0 aliphatic heterocycles. The number of benzene rings is 1. The van der Waals surface area contributed by atoms with Crippen LogP contribution in [0.3, 0.4) is 0 Å². The van der Waals surface area contributed by atoms with Gasteiger partial charge in [-0.3, -0.25) is 10.2 Å². The van der Waals surface area contributed by atoms with Gasteiger partial charge >= 0.3 is 12.0 Å². The van der Waals surface area contributed by atoms with Gasteiger partial charge in [0.15, 0.2) is 0 Å². The highest BCUT2D eigenvalue weighted by Gasteiger charge is 2.09. The van der Waals surface area contributed by atoms with Gasteiger partial charge in [-0.1, -0.05) is 30.3 Å². The topological polar surface area (TPSA) is 70.7 Å². The van der Waals surface area contributed by atoms with Crippen LogP contribution in [0, 0.1) is 0 Å². The fraction of sp³-hybridized carbons (Fsp3) is 0.385. The van der Waals surface area contributed by atoms with Gasteiger partial charge in [0.2, 0.25) is 0 Å². The molecule has 6 heteroatoms. The normalized spacial score (nSPS) is 10.1. The van der Waals surface area contributed by atoms with Crippen LogP contribution in [0.2, 0.25) is 0 Å². The third-order valence-electron chi connectivity index (χ3n) is 2.26. The summed E-state index contributed by atoms with van der Waals surface area (Å²) in [6, 6.07) is 9.20. The molecular weight excluding hydrogens is 246 g/mol. The van der Waals surface area contributed by atoms with Crippen LogP contribution in [0.15, 0.2) is 30.3 Å². The van der Waals surface area contributed by atoms with Crippen molar-refractivity contribution in [2.45, 2.75) is 13.5 Å². The SMILES string of the molecule is CCOC(=O)CN(C)NC(=O)NCc1ccccc1. The Morgan fingerprint density at radius 3 is 2.58 bits per heavy atom. The smallest absolute Gasteiger partial charge is 0.329 e. The number of hydrazine groups is 1. The summed E-state index contributed by atoms with van der Waals surface area (Å²) in [6.45, 7) is 2.50. The summed E-state index contributed by atoms with van der Waals surface area (Å²) in [6.07, 6.45) is 0. The third-order valence-corrected chi connectivity index (χ3v) is 2.26. The first-order valence-corrected chi connectivity index (χ1v) is 6.07. The minimum atomic E-state index is -0.381. The van der Waals surface area contributed by atoms with E-state index in [1.807, 2.05) is 30.3 Å². The molecule has 1 aromatic rings. The first-order chi connectivity index (χ1) is 9.11. The second-order valence-electron chi connectivity index (χ2n) is 3.94. The third kappa shape index (κ3) is 6.42. The molecule has 0 aliphatic rings. The zero-order valence-electron chi connectivity index (χ0n) is 11.2. The van der Waals surface area contributed by atoms with E-state index in [1.54, 1.807) is 14.0 Å². The first-order valence-electron chi connectivity index (χ1n) is 6.07. The van der Waals surface area contributed by atoms with Gasteiger partial charge in [0.25, 0.3) is 0 Å². The Labute approximate surface area is 112 Å². The van der Waals surface area contributed by atoms with E-state index in [1.165, 1.54) is 5.01 Å². The molecule has 104 valence electrons. The quantitative estimate of drug-likeness (QED) is 0.592. The Balaban J connectivity index is 2.25. The number of rotatable bonds is 6. The molecule has 0 heterocycles. The molecule has 0 fully saturated rings. The number of nitrogens with zero attached hydrogens (tertiary/aromatic N) is 1. The number of carbonyl (C=O) groups is 2. The van der Waals surface area contributed by atoms with Gasteiger partial charge in [-0.15, -0.1) is 0 Å². The molecule has 0 saturated heterocycles. The summed E-state index contributed by atoms with van der Waals surface area (Å²) < 4.78 is 4.77. The summed E-state index contributed by atoms with van der Waals surface area (Å²) in [5, 5.41) is 4.06. The van der Waals surface area contributed by atoms with E-state index in [4.69, 9.17) is 4.74 Å². The number of ether oxygens (including phenoxy) is 1. The Hall–Kier alpha value is -2.08. The largest absolute Gasteiger partial charge is 0.465 e. The second kappa shape index (κ2) is 8.10. The van der Waals surface area contributed by atoms with Gasteiger partial charge in [-0.25, -0.2) is 9.80 Å². The molecule has 0 unspecified atom stereocenters. The van der Waals surface area contributed by atoms with E-state index in [-0.39, 0.29) is 18.5 Å². The van der Waals surface area contributed by atoms with Gasteiger partial charge in [-0.2, -0.15) is 0 Å². The van der Waals surface area contributed by atoms with Gasteiger partial charge in [-0.05, 0) is 12.5 Å². The highest BCUT2D eigenvalue weighted by Crippen LogP contribution is 1.96.